The summed E-state index contributed by atoms with van der Waals surface area (Å²) in [5.41, 5.74) is 5.01. The Bertz CT molecular complexity index is 1720. The number of thiophene rings is 1. The van der Waals surface area contributed by atoms with Gasteiger partial charge in [0.25, 0.3) is 5.91 Å². The van der Waals surface area contributed by atoms with Crippen LogP contribution in [0.5, 0.6) is 5.75 Å². The maximum atomic E-state index is 13.0. The smallest absolute Gasteiger partial charge is 0.251 e. The Hall–Kier alpha value is -4.51. The van der Waals surface area contributed by atoms with E-state index in [1.54, 1.807) is 49.4 Å². The summed E-state index contributed by atoms with van der Waals surface area (Å²) in [4.78, 5) is 47.6. The number of benzene rings is 2. The number of aromatic hydroxyl groups is 1. The van der Waals surface area contributed by atoms with E-state index in [0.29, 0.717) is 36.4 Å². The van der Waals surface area contributed by atoms with Crippen LogP contribution in [-0.4, -0.2) is 71.3 Å². The lowest BCUT2D eigenvalue weighted by molar-refractivity contribution is 0.0837. The van der Waals surface area contributed by atoms with Crippen LogP contribution in [0.1, 0.15) is 82.1 Å². The fraction of sp³-hybridized carbons (Fsp3) is 0.324. The van der Waals surface area contributed by atoms with Crippen LogP contribution in [0.3, 0.4) is 0 Å². The van der Waals surface area contributed by atoms with Crippen LogP contribution in [0.15, 0.2) is 77.1 Å². The van der Waals surface area contributed by atoms with Gasteiger partial charge in [0.05, 0.1) is 24.7 Å². The normalized spacial score (nSPS) is 11.8. The highest BCUT2D eigenvalue weighted by molar-refractivity contribution is 7.14. The molecule has 2 heterocycles. The molecular weight excluding hydrogens is 614 g/mol. The SMILES string of the molecule is CC(=NCC(=O)c1cccc(C(=O)CCc2ccc(C(=O)NCCOCCO)cc2)n1)c1csc(-c2ccc(C(C)(C)C)cc2)c1O. The first-order valence-corrected chi connectivity index (χ1v) is 16.4. The Morgan fingerprint density at radius 3 is 2.28 bits per heavy atom. The van der Waals surface area contributed by atoms with Crippen molar-refractivity contribution in [3.8, 4) is 16.2 Å². The molecule has 0 spiro atoms. The highest BCUT2D eigenvalue weighted by Crippen LogP contribution is 2.39. The van der Waals surface area contributed by atoms with Crippen molar-refractivity contribution in [1.29, 1.82) is 0 Å². The van der Waals surface area contributed by atoms with Gasteiger partial charge in [0, 0.05) is 35.2 Å². The average molecular weight is 656 g/mol. The number of nitrogens with one attached hydrogen (secondary N) is 1. The van der Waals surface area contributed by atoms with Crippen LogP contribution >= 0.6 is 11.3 Å². The number of pyridine rings is 1. The quantitative estimate of drug-likeness (QED) is 0.0804. The molecule has 4 rings (SSSR count). The van der Waals surface area contributed by atoms with Gasteiger partial charge in [-0.3, -0.25) is 19.4 Å². The lowest BCUT2D eigenvalue weighted by atomic mass is 9.86. The zero-order chi connectivity index (χ0) is 34.0. The van der Waals surface area contributed by atoms with E-state index in [1.165, 1.54) is 16.9 Å². The molecule has 10 heteroatoms. The van der Waals surface area contributed by atoms with Gasteiger partial charge in [0.15, 0.2) is 5.78 Å². The topological polar surface area (TPSA) is 138 Å². The van der Waals surface area contributed by atoms with Gasteiger partial charge in [-0.15, -0.1) is 11.3 Å². The number of aliphatic imine (C=N–C) groups is 1. The van der Waals surface area contributed by atoms with Crippen LogP contribution in [-0.2, 0) is 16.6 Å². The number of amides is 1. The molecule has 47 heavy (non-hydrogen) atoms. The molecule has 0 atom stereocenters. The minimum absolute atomic E-state index is 0.0343. The number of aliphatic hydroxyl groups is 1. The van der Waals surface area contributed by atoms with E-state index < -0.39 is 0 Å². The van der Waals surface area contributed by atoms with Gasteiger partial charge in [0.2, 0.25) is 5.78 Å². The van der Waals surface area contributed by atoms with Crippen LogP contribution in [0, 0.1) is 0 Å². The maximum absolute atomic E-state index is 13.0. The summed E-state index contributed by atoms with van der Waals surface area (Å²) < 4.78 is 5.13. The largest absolute Gasteiger partial charge is 0.506 e. The second-order valence-electron chi connectivity index (χ2n) is 12.1. The van der Waals surface area contributed by atoms with E-state index in [1.807, 2.05) is 17.5 Å². The molecule has 246 valence electrons. The van der Waals surface area contributed by atoms with Crippen molar-refractivity contribution in [2.24, 2.45) is 4.99 Å². The predicted octanol–water partition coefficient (Wildman–Crippen LogP) is 6.06. The van der Waals surface area contributed by atoms with Gasteiger partial charge < -0.3 is 20.3 Å². The van der Waals surface area contributed by atoms with E-state index >= 15 is 0 Å². The lowest BCUT2D eigenvalue weighted by Crippen LogP contribution is -2.27. The van der Waals surface area contributed by atoms with Crippen LogP contribution < -0.4 is 5.32 Å². The van der Waals surface area contributed by atoms with Crippen molar-refractivity contribution in [2.45, 2.75) is 46.0 Å². The number of aryl methyl sites for hydroxylation is 1. The summed E-state index contributed by atoms with van der Waals surface area (Å²) in [7, 11) is 0. The molecule has 9 nitrogen and oxygen atoms in total. The van der Waals surface area contributed by atoms with E-state index in [-0.39, 0.29) is 66.2 Å². The molecular formula is C37H41N3O6S. The number of nitrogens with zero attached hydrogens (tertiary/aromatic N) is 2. The summed E-state index contributed by atoms with van der Waals surface area (Å²) in [6, 6.07) is 19.9. The number of carbonyl (C=O) groups is 3. The molecule has 0 unspecified atom stereocenters. The van der Waals surface area contributed by atoms with Crippen LogP contribution in [0.4, 0.5) is 0 Å². The number of rotatable bonds is 15. The number of hydrogen-bond acceptors (Lipinski definition) is 9. The molecule has 0 radical (unpaired) electrons. The highest BCUT2D eigenvalue weighted by Gasteiger charge is 2.18. The van der Waals surface area contributed by atoms with Crippen LogP contribution in [0.25, 0.3) is 10.4 Å². The third kappa shape index (κ3) is 9.74. The number of aliphatic hydroxyl groups excluding tert-OH is 1. The third-order valence-corrected chi connectivity index (χ3v) is 8.59. The summed E-state index contributed by atoms with van der Waals surface area (Å²) in [5, 5.41) is 24.3. The average Bonchev–Trinajstić information content (AvgIpc) is 3.46. The first-order chi connectivity index (χ1) is 22.5. The van der Waals surface area contributed by atoms with E-state index in [4.69, 9.17) is 9.84 Å². The molecule has 1 amide bonds. The molecule has 0 aliphatic rings. The highest BCUT2D eigenvalue weighted by atomic mass is 32.1. The first-order valence-electron chi connectivity index (χ1n) is 15.5. The Labute approximate surface area is 279 Å². The summed E-state index contributed by atoms with van der Waals surface area (Å²) >= 11 is 1.42. The van der Waals surface area contributed by atoms with Gasteiger partial charge in [-0.2, -0.15) is 0 Å². The Kier molecular flexibility index (Phi) is 12.3. The standard InChI is InChI=1S/C37H41N3O6S/c1-24(29-23-47-35(34(29)44)26-13-15-28(16-14-26)37(2,3)4)39-22-33(43)31-7-5-6-30(40-31)32(42)17-10-25-8-11-27(12-9-25)36(45)38-18-20-46-21-19-41/h5-9,11-16,23,41,44H,10,17-22H2,1-4H3,(H,38,45). The number of carbonyl (C=O) groups excluding carboxylic acids is 3. The second kappa shape index (κ2) is 16.4. The fourth-order valence-corrected chi connectivity index (χ4v) is 5.76. The molecule has 0 saturated heterocycles. The number of aromatic nitrogens is 1. The predicted molar refractivity (Wildman–Crippen MR) is 185 cm³/mol. The number of ketones is 2. The van der Waals surface area contributed by atoms with Gasteiger partial charge in [-0.05, 0) is 59.7 Å². The van der Waals surface area contributed by atoms with Crippen molar-refractivity contribution in [2.75, 3.05) is 32.9 Å². The molecule has 4 aromatic rings. The Balaban J connectivity index is 1.31. The van der Waals surface area contributed by atoms with E-state index in [2.05, 4.69) is 48.2 Å². The van der Waals surface area contributed by atoms with Crippen molar-refractivity contribution in [1.82, 2.24) is 10.3 Å². The van der Waals surface area contributed by atoms with E-state index in [9.17, 15) is 19.5 Å². The number of Topliss-reactive ketones (excluding diaryl/α,β-unsaturated/α-hetero) is 2. The third-order valence-electron chi connectivity index (χ3n) is 7.57. The molecule has 2 aromatic carbocycles. The monoisotopic (exact) mass is 655 g/mol. The molecule has 3 N–H and O–H groups in total. The molecule has 0 aliphatic carbocycles. The summed E-state index contributed by atoms with van der Waals surface area (Å²) in [6.45, 7) is 8.86. The molecule has 0 bridgehead atoms. The maximum Gasteiger partial charge on any atom is 0.251 e. The zero-order valence-electron chi connectivity index (χ0n) is 27.2. The molecule has 0 saturated carbocycles. The first kappa shape index (κ1) is 35.3. The molecule has 2 aromatic heterocycles. The lowest BCUT2D eigenvalue weighted by Gasteiger charge is -2.19. The summed E-state index contributed by atoms with van der Waals surface area (Å²) in [5.74, 6) is -0.628. The van der Waals surface area contributed by atoms with Crippen molar-refractivity contribution >= 4 is 34.5 Å². The van der Waals surface area contributed by atoms with E-state index in [0.717, 1.165) is 16.0 Å². The zero-order valence-corrected chi connectivity index (χ0v) is 28.0. The minimum atomic E-state index is -0.333. The van der Waals surface area contributed by atoms with Gasteiger partial charge in [0.1, 0.15) is 23.7 Å². The van der Waals surface area contributed by atoms with Gasteiger partial charge >= 0.3 is 0 Å². The second-order valence-corrected chi connectivity index (χ2v) is 13.0. The molecule has 0 fully saturated rings. The van der Waals surface area contributed by atoms with Crippen molar-refractivity contribution < 1.29 is 29.3 Å². The number of hydrogen-bond donors (Lipinski definition) is 3. The van der Waals surface area contributed by atoms with Gasteiger partial charge in [-0.25, -0.2) is 4.98 Å². The Morgan fingerprint density at radius 2 is 1.62 bits per heavy atom. The van der Waals surface area contributed by atoms with Gasteiger partial charge in [-0.1, -0.05) is 63.2 Å². The van der Waals surface area contributed by atoms with Crippen molar-refractivity contribution in [3.05, 3.63) is 106 Å². The molecule has 0 aliphatic heterocycles. The fourth-order valence-electron chi connectivity index (χ4n) is 4.75. The van der Waals surface area contributed by atoms with Crippen molar-refractivity contribution in [3.63, 3.8) is 0 Å². The Morgan fingerprint density at radius 1 is 0.936 bits per heavy atom. The minimum Gasteiger partial charge on any atom is -0.506 e. The summed E-state index contributed by atoms with van der Waals surface area (Å²) in [6.07, 6.45) is 0.639. The van der Waals surface area contributed by atoms with Crippen LogP contribution in [0.2, 0.25) is 0 Å². The number of ether oxygens (including phenoxy) is 1.